The van der Waals surface area contributed by atoms with Crippen LogP contribution in [0.25, 0.3) is 0 Å². The summed E-state index contributed by atoms with van der Waals surface area (Å²) >= 11 is 0. The van der Waals surface area contributed by atoms with Gasteiger partial charge in [0.25, 0.3) is 0 Å². The number of hydrogen-bond donors (Lipinski definition) is 2. The second-order valence-corrected chi connectivity index (χ2v) is 6.99. The van der Waals surface area contributed by atoms with Gasteiger partial charge in [0.2, 0.25) is 0 Å². The van der Waals surface area contributed by atoms with Crippen LogP contribution >= 0.6 is 0 Å². The van der Waals surface area contributed by atoms with Crippen LogP contribution in [0.15, 0.2) is 0 Å². The van der Waals surface area contributed by atoms with Crippen molar-refractivity contribution in [2.75, 3.05) is 13.1 Å². The van der Waals surface area contributed by atoms with E-state index < -0.39 is 0 Å². The number of hydrogen-bond acceptors (Lipinski definition) is 2. The van der Waals surface area contributed by atoms with Crippen molar-refractivity contribution >= 4 is 0 Å². The molecule has 1 aliphatic heterocycles. The van der Waals surface area contributed by atoms with E-state index in [1.54, 1.807) is 19.3 Å². The Morgan fingerprint density at radius 1 is 1.25 bits per heavy atom. The third-order valence-corrected chi connectivity index (χ3v) is 5.92. The Kier molecular flexibility index (Phi) is 2.00. The van der Waals surface area contributed by atoms with Crippen LogP contribution in [0.1, 0.15) is 39.0 Å². The fourth-order valence-corrected chi connectivity index (χ4v) is 5.05. The Morgan fingerprint density at radius 2 is 2.00 bits per heavy atom. The first-order valence-corrected chi connectivity index (χ1v) is 7.25. The van der Waals surface area contributed by atoms with Crippen LogP contribution in [0.4, 0.5) is 0 Å². The minimum atomic E-state index is 0.399. The van der Waals surface area contributed by atoms with E-state index in [4.69, 9.17) is 0 Å². The van der Waals surface area contributed by atoms with Crippen molar-refractivity contribution in [2.45, 2.75) is 50.6 Å². The number of fused-ring (bicyclic) bond motifs is 5. The zero-order valence-corrected chi connectivity index (χ0v) is 10.3. The average molecular weight is 220 g/mol. The molecule has 3 aliphatic carbocycles. The molecule has 2 N–H and O–H groups in total. The summed E-state index contributed by atoms with van der Waals surface area (Å²) in [6, 6.07) is 0.908. The van der Waals surface area contributed by atoms with Crippen LogP contribution in [0.5, 0.6) is 0 Å². The molecule has 4 aliphatic rings. The molecule has 0 spiro atoms. The molecule has 0 radical (unpaired) electrons. The quantitative estimate of drug-likeness (QED) is 0.757. The lowest BCUT2D eigenvalue weighted by Crippen LogP contribution is -2.47. The minimum absolute atomic E-state index is 0.399. The molecule has 3 saturated carbocycles. The van der Waals surface area contributed by atoms with Gasteiger partial charge in [-0.25, -0.2) is 0 Å². The largest absolute Gasteiger partial charge is 0.312 e. The summed E-state index contributed by atoms with van der Waals surface area (Å²) in [7, 11) is 0. The Hall–Kier alpha value is -0.0800. The van der Waals surface area contributed by atoms with Gasteiger partial charge in [-0.15, -0.1) is 0 Å². The fourth-order valence-electron chi connectivity index (χ4n) is 5.05. The summed E-state index contributed by atoms with van der Waals surface area (Å²) in [6.07, 6.45) is 7.37. The van der Waals surface area contributed by atoms with Crippen molar-refractivity contribution in [3.05, 3.63) is 0 Å². The fraction of sp³-hybridized carbons (Fsp3) is 1.00. The van der Waals surface area contributed by atoms with Gasteiger partial charge in [0.1, 0.15) is 0 Å². The van der Waals surface area contributed by atoms with Gasteiger partial charge in [-0.2, -0.15) is 0 Å². The Morgan fingerprint density at radius 3 is 2.62 bits per heavy atom. The Labute approximate surface area is 98.6 Å². The van der Waals surface area contributed by atoms with Crippen molar-refractivity contribution in [3.8, 4) is 0 Å². The lowest BCUT2D eigenvalue weighted by atomic mass is 10.00. The summed E-state index contributed by atoms with van der Waals surface area (Å²) in [6.45, 7) is 4.81. The average Bonchev–Trinajstić information content (AvgIpc) is 2.70. The standard InChI is InChI=1S/C14H24N2/c1-14(5-2-6-16-14)8-15-13-11-9-3-4-10(7-9)12(11)13/h9-13,15-16H,2-8H2,1H3. The molecule has 2 nitrogen and oxygen atoms in total. The summed E-state index contributed by atoms with van der Waals surface area (Å²) in [4.78, 5) is 0. The summed E-state index contributed by atoms with van der Waals surface area (Å²) < 4.78 is 0. The van der Waals surface area contributed by atoms with Crippen LogP contribution in [-0.2, 0) is 0 Å². The lowest BCUT2D eigenvalue weighted by molar-refractivity contribution is 0.361. The van der Waals surface area contributed by atoms with Crippen LogP contribution in [0.3, 0.4) is 0 Å². The van der Waals surface area contributed by atoms with Gasteiger partial charge in [-0.1, -0.05) is 0 Å². The molecule has 16 heavy (non-hydrogen) atoms. The van der Waals surface area contributed by atoms with Crippen molar-refractivity contribution in [1.82, 2.24) is 10.6 Å². The van der Waals surface area contributed by atoms with E-state index in [9.17, 15) is 0 Å². The third kappa shape index (κ3) is 1.32. The van der Waals surface area contributed by atoms with Gasteiger partial charge in [-0.3, -0.25) is 0 Å². The maximum Gasteiger partial charge on any atom is 0.0278 e. The molecule has 1 saturated heterocycles. The van der Waals surface area contributed by atoms with Gasteiger partial charge in [0.05, 0.1) is 0 Å². The molecule has 0 amide bonds. The Balaban J connectivity index is 1.34. The van der Waals surface area contributed by atoms with E-state index in [0.717, 1.165) is 29.7 Å². The molecule has 0 aromatic heterocycles. The van der Waals surface area contributed by atoms with E-state index >= 15 is 0 Å². The maximum absolute atomic E-state index is 3.88. The predicted octanol–water partition coefficient (Wildman–Crippen LogP) is 1.76. The molecule has 5 atom stereocenters. The summed E-state index contributed by atoms with van der Waals surface area (Å²) in [5.41, 5.74) is 0.399. The molecule has 1 heterocycles. The first-order valence-electron chi connectivity index (χ1n) is 7.25. The molecule has 2 bridgehead atoms. The van der Waals surface area contributed by atoms with E-state index in [1.807, 2.05) is 0 Å². The van der Waals surface area contributed by atoms with Gasteiger partial charge in [0, 0.05) is 18.1 Å². The highest BCUT2D eigenvalue weighted by atomic mass is 15.1. The van der Waals surface area contributed by atoms with E-state index in [1.165, 1.54) is 25.9 Å². The van der Waals surface area contributed by atoms with Crippen molar-refractivity contribution in [2.24, 2.45) is 23.7 Å². The first kappa shape index (κ1) is 9.90. The third-order valence-electron chi connectivity index (χ3n) is 5.92. The van der Waals surface area contributed by atoms with Crippen LogP contribution in [0, 0.1) is 23.7 Å². The molecule has 0 aromatic rings. The van der Waals surface area contributed by atoms with Crippen LogP contribution < -0.4 is 10.6 Å². The highest BCUT2D eigenvalue weighted by molar-refractivity contribution is 5.17. The second kappa shape index (κ2) is 3.23. The first-order chi connectivity index (χ1) is 7.77. The SMILES string of the molecule is CC1(CNC2C3C4CCC(C4)C23)CCCN1. The second-order valence-electron chi connectivity index (χ2n) is 6.99. The topological polar surface area (TPSA) is 24.1 Å². The van der Waals surface area contributed by atoms with Crippen LogP contribution in [0.2, 0.25) is 0 Å². The molecule has 90 valence electrons. The van der Waals surface area contributed by atoms with E-state index in [2.05, 4.69) is 17.6 Å². The van der Waals surface area contributed by atoms with Crippen LogP contribution in [-0.4, -0.2) is 24.7 Å². The Bertz CT molecular complexity index is 279. The highest BCUT2D eigenvalue weighted by Crippen LogP contribution is 2.65. The van der Waals surface area contributed by atoms with Gasteiger partial charge >= 0.3 is 0 Å². The molecular weight excluding hydrogens is 196 g/mol. The predicted molar refractivity (Wildman–Crippen MR) is 65.2 cm³/mol. The van der Waals surface area contributed by atoms with Crippen molar-refractivity contribution < 1.29 is 0 Å². The molecular formula is C14H24N2. The summed E-state index contributed by atoms with van der Waals surface area (Å²) in [5.74, 6) is 4.39. The maximum atomic E-state index is 3.88. The lowest BCUT2D eigenvalue weighted by Gasteiger charge is -2.25. The normalized spacial score (nSPS) is 57.9. The zero-order chi connectivity index (χ0) is 10.8. The van der Waals surface area contributed by atoms with Gasteiger partial charge in [-0.05, 0) is 69.2 Å². The monoisotopic (exact) mass is 220 g/mol. The number of nitrogens with one attached hydrogen (secondary N) is 2. The van der Waals surface area contributed by atoms with Crippen molar-refractivity contribution in [1.29, 1.82) is 0 Å². The molecule has 0 aromatic carbocycles. The van der Waals surface area contributed by atoms with Gasteiger partial charge < -0.3 is 10.6 Å². The number of rotatable bonds is 3. The highest BCUT2D eigenvalue weighted by Gasteiger charge is 2.64. The minimum Gasteiger partial charge on any atom is -0.312 e. The smallest absolute Gasteiger partial charge is 0.0278 e. The summed E-state index contributed by atoms with van der Waals surface area (Å²) in [5, 5.41) is 7.54. The molecule has 4 fully saturated rings. The molecule has 5 unspecified atom stereocenters. The van der Waals surface area contributed by atoms with Crippen molar-refractivity contribution in [3.63, 3.8) is 0 Å². The zero-order valence-electron chi connectivity index (χ0n) is 10.3. The molecule has 4 rings (SSSR count). The van der Waals surface area contributed by atoms with E-state index in [0.29, 0.717) is 5.54 Å². The van der Waals surface area contributed by atoms with E-state index in [-0.39, 0.29) is 0 Å². The van der Waals surface area contributed by atoms with Gasteiger partial charge in [0.15, 0.2) is 0 Å². The molecule has 2 heteroatoms.